The Kier molecular flexibility index (Phi) is 6.96. The molecule has 1 fully saturated rings. The summed E-state index contributed by atoms with van der Waals surface area (Å²) < 4.78 is 45.8. The number of H-pyrrole nitrogens is 1. The average molecular weight is 541 g/mol. The lowest BCUT2D eigenvalue weighted by atomic mass is 9.87. The number of hydrogen-bond donors (Lipinski definition) is 4. The summed E-state index contributed by atoms with van der Waals surface area (Å²) in [5.74, 6) is -1.94. The smallest absolute Gasteiger partial charge is 0.259 e. The molecule has 0 bridgehead atoms. The third kappa shape index (κ3) is 4.58. The van der Waals surface area contributed by atoms with E-state index in [0.717, 1.165) is 5.56 Å². The predicted molar refractivity (Wildman–Crippen MR) is 139 cm³/mol. The number of rotatable bonds is 2. The van der Waals surface area contributed by atoms with Crippen LogP contribution in [-0.4, -0.2) is 58.1 Å². The Morgan fingerprint density at radius 2 is 1.67 bits per heavy atom. The average Bonchev–Trinajstić information content (AvgIpc) is 3.40. The number of halogens is 3. The van der Waals surface area contributed by atoms with Crippen LogP contribution in [0.5, 0.6) is 0 Å². The monoisotopic (exact) mass is 540 g/mol. The highest BCUT2D eigenvalue weighted by atomic mass is 19.1. The molecule has 4 aromatic rings. The maximum Gasteiger partial charge on any atom is 0.259 e. The Balaban J connectivity index is 0.000000237. The quantitative estimate of drug-likeness (QED) is 0.277. The SMILES string of the molecule is CC1CC(O)[C@H](F)C(CO)O1.Cc1ccc(F)cc1-c1c2c(c3c([nH]c4ccc(F)cc43)c1C)C(=O)NC2=O. The zero-order valence-corrected chi connectivity index (χ0v) is 21.4. The number of carbonyl (C=O) groups excluding carboxylic acids is 2. The largest absolute Gasteiger partial charge is 0.394 e. The molecule has 1 saturated heterocycles. The number of aromatic amines is 1. The Labute approximate surface area is 221 Å². The van der Waals surface area contributed by atoms with Gasteiger partial charge in [0.2, 0.25) is 0 Å². The van der Waals surface area contributed by atoms with E-state index in [1.54, 1.807) is 19.1 Å². The number of fused-ring (bicyclic) bond motifs is 5. The standard InChI is InChI=1S/C22H14F2N2O2.C7H13FO3/c1-9-3-4-11(23)7-13(9)16-10(2)20-17(19-18(16)21(27)26-22(19)28)14-8-12(24)5-6-15(14)25-20;1-4-2-5(10)7(8)6(3-9)11-4/h3-8,25H,1-2H3,(H,26,27,28);4-7,9-10H,2-3H2,1H3/t;4?,5?,6?,7-/m.0/s1. The number of aryl methyl sites for hydroxylation is 2. The molecule has 2 amide bonds. The van der Waals surface area contributed by atoms with E-state index < -0.39 is 41.8 Å². The van der Waals surface area contributed by atoms with Crippen LogP contribution in [-0.2, 0) is 4.74 Å². The molecule has 0 radical (unpaired) electrons. The third-order valence-electron chi connectivity index (χ3n) is 7.29. The molecular formula is C29H27F3N2O5. The minimum Gasteiger partial charge on any atom is -0.394 e. The third-order valence-corrected chi connectivity index (χ3v) is 7.29. The molecule has 4 atom stereocenters. The Morgan fingerprint density at radius 1 is 1.00 bits per heavy atom. The van der Waals surface area contributed by atoms with Gasteiger partial charge in [-0.15, -0.1) is 0 Å². The fourth-order valence-corrected chi connectivity index (χ4v) is 5.44. The van der Waals surface area contributed by atoms with E-state index in [1.807, 2.05) is 13.8 Å². The van der Waals surface area contributed by atoms with Crippen LogP contribution in [0.4, 0.5) is 13.2 Å². The molecule has 39 heavy (non-hydrogen) atoms. The van der Waals surface area contributed by atoms with Gasteiger partial charge in [0, 0.05) is 28.3 Å². The Hall–Kier alpha value is -3.73. The number of benzene rings is 3. The first kappa shape index (κ1) is 26.9. The second kappa shape index (κ2) is 10.1. The first-order valence-corrected chi connectivity index (χ1v) is 12.5. The van der Waals surface area contributed by atoms with Crippen molar-refractivity contribution >= 4 is 33.6 Å². The number of amides is 2. The molecule has 0 spiro atoms. The van der Waals surface area contributed by atoms with Gasteiger partial charge < -0.3 is 19.9 Å². The molecule has 7 nitrogen and oxygen atoms in total. The fraction of sp³-hybridized carbons (Fsp3) is 0.310. The molecule has 4 N–H and O–H groups in total. The van der Waals surface area contributed by atoms with Crippen LogP contribution in [0.2, 0.25) is 0 Å². The number of ether oxygens (including phenoxy) is 1. The summed E-state index contributed by atoms with van der Waals surface area (Å²) >= 11 is 0. The zero-order chi connectivity index (χ0) is 28.2. The number of imide groups is 1. The molecule has 0 saturated carbocycles. The summed E-state index contributed by atoms with van der Waals surface area (Å²) in [5, 5.41) is 21.1. The van der Waals surface area contributed by atoms with Gasteiger partial charge in [0.25, 0.3) is 11.8 Å². The van der Waals surface area contributed by atoms with Crippen molar-refractivity contribution in [3.8, 4) is 11.1 Å². The second-order valence-corrected chi connectivity index (χ2v) is 9.97. The summed E-state index contributed by atoms with van der Waals surface area (Å²) in [4.78, 5) is 28.6. The van der Waals surface area contributed by atoms with Crippen LogP contribution in [0.1, 0.15) is 45.2 Å². The molecule has 10 heteroatoms. The van der Waals surface area contributed by atoms with Gasteiger partial charge in [-0.3, -0.25) is 14.9 Å². The van der Waals surface area contributed by atoms with Crippen LogP contribution in [0.25, 0.3) is 32.9 Å². The van der Waals surface area contributed by atoms with E-state index >= 15 is 0 Å². The van der Waals surface area contributed by atoms with E-state index in [2.05, 4.69) is 10.3 Å². The molecule has 0 aliphatic carbocycles. The normalized spacial score (nSPS) is 22.6. The van der Waals surface area contributed by atoms with Gasteiger partial charge in [-0.1, -0.05) is 6.07 Å². The van der Waals surface area contributed by atoms with Crippen LogP contribution in [0, 0.1) is 25.5 Å². The van der Waals surface area contributed by atoms with Crippen molar-refractivity contribution in [1.82, 2.24) is 10.3 Å². The van der Waals surface area contributed by atoms with Crippen LogP contribution in [0.15, 0.2) is 36.4 Å². The zero-order valence-electron chi connectivity index (χ0n) is 21.4. The minimum absolute atomic E-state index is 0.172. The molecule has 204 valence electrons. The van der Waals surface area contributed by atoms with Crippen molar-refractivity contribution < 1.29 is 37.7 Å². The van der Waals surface area contributed by atoms with E-state index in [0.29, 0.717) is 44.9 Å². The van der Waals surface area contributed by atoms with Crippen molar-refractivity contribution in [2.24, 2.45) is 0 Å². The molecule has 3 unspecified atom stereocenters. The maximum absolute atomic E-state index is 14.0. The fourth-order valence-electron chi connectivity index (χ4n) is 5.44. The summed E-state index contributed by atoms with van der Waals surface area (Å²) in [6.45, 7) is 5.00. The maximum atomic E-state index is 14.0. The Bertz CT molecular complexity index is 1630. The minimum atomic E-state index is -1.45. The van der Waals surface area contributed by atoms with E-state index in [-0.39, 0.29) is 23.8 Å². The van der Waals surface area contributed by atoms with Gasteiger partial charge >= 0.3 is 0 Å². The van der Waals surface area contributed by atoms with Crippen LogP contribution >= 0.6 is 0 Å². The highest BCUT2D eigenvalue weighted by molar-refractivity contribution is 6.33. The van der Waals surface area contributed by atoms with E-state index in [1.165, 1.54) is 24.3 Å². The van der Waals surface area contributed by atoms with Crippen molar-refractivity contribution in [2.75, 3.05) is 6.61 Å². The number of alkyl halides is 1. The van der Waals surface area contributed by atoms with Crippen molar-refractivity contribution in [1.29, 1.82) is 0 Å². The highest BCUT2D eigenvalue weighted by Gasteiger charge is 2.36. The van der Waals surface area contributed by atoms with Crippen LogP contribution < -0.4 is 5.32 Å². The molecule has 2 aliphatic rings. The molecule has 3 aromatic carbocycles. The van der Waals surface area contributed by atoms with E-state index in [4.69, 9.17) is 14.9 Å². The number of nitrogens with one attached hydrogen (secondary N) is 2. The number of aromatic nitrogens is 1. The Morgan fingerprint density at radius 3 is 2.38 bits per heavy atom. The lowest BCUT2D eigenvalue weighted by Gasteiger charge is -2.33. The van der Waals surface area contributed by atoms with Crippen molar-refractivity contribution in [2.45, 2.75) is 51.7 Å². The van der Waals surface area contributed by atoms with Crippen molar-refractivity contribution in [3.63, 3.8) is 0 Å². The van der Waals surface area contributed by atoms with Gasteiger partial charge in [0.15, 0.2) is 6.17 Å². The molecule has 3 heterocycles. The number of aliphatic hydroxyl groups is 2. The summed E-state index contributed by atoms with van der Waals surface area (Å²) in [6.07, 6.45) is -3.16. The molecule has 2 aliphatic heterocycles. The lowest BCUT2D eigenvalue weighted by Crippen LogP contribution is -2.46. The summed E-state index contributed by atoms with van der Waals surface area (Å²) in [6, 6.07) is 8.62. The van der Waals surface area contributed by atoms with Gasteiger partial charge in [0.1, 0.15) is 17.7 Å². The first-order chi connectivity index (χ1) is 18.5. The van der Waals surface area contributed by atoms with Crippen LogP contribution in [0.3, 0.4) is 0 Å². The number of carbonyl (C=O) groups is 2. The van der Waals surface area contributed by atoms with Crippen molar-refractivity contribution in [3.05, 3.63) is 70.3 Å². The van der Waals surface area contributed by atoms with Gasteiger partial charge in [0.05, 0.1) is 35.5 Å². The topological polar surface area (TPSA) is 112 Å². The van der Waals surface area contributed by atoms with Gasteiger partial charge in [-0.2, -0.15) is 0 Å². The van der Waals surface area contributed by atoms with Gasteiger partial charge in [-0.05, 0) is 67.8 Å². The predicted octanol–water partition coefficient (Wildman–Crippen LogP) is 4.62. The van der Waals surface area contributed by atoms with E-state index in [9.17, 15) is 22.8 Å². The number of hydrogen-bond acceptors (Lipinski definition) is 5. The second-order valence-electron chi connectivity index (χ2n) is 9.97. The highest BCUT2D eigenvalue weighted by Crippen LogP contribution is 2.42. The lowest BCUT2D eigenvalue weighted by molar-refractivity contribution is -0.150. The summed E-state index contributed by atoms with van der Waals surface area (Å²) in [7, 11) is 0. The number of aliphatic hydroxyl groups excluding tert-OH is 2. The molecule has 6 rings (SSSR count). The van der Waals surface area contributed by atoms with Gasteiger partial charge in [-0.25, -0.2) is 13.2 Å². The summed E-state index contributed by atoms with van der Waals surface area (Å²) in [5.41, 5.74) is 4.21. The molecule has 1 aromatic heterocycles. The first-order valence-electron chi connectivity index (χ1n) is 12.5. The molecular weight excluding hydrogens is 513 g/mol.